The molecule has 23 heavy (non-hydrogen) atoms. The Labute approximate surface area is 137 Å². The average molecular weight is 308 g/mol. The predicted octanol–water partition coefficient (Wildman–Crippen LogP) is 4.68. The molecule has 1 nitrogen and oxygen atoms in total. The van der Waals surface area contributed by atoms with Crippen molar-refractivity contribution in [3.63, 3.8) is 0 Å². The van der Waals surface area contributed by atoms with E-state index in [0.29, 0.717) is 12.8 Å². The predicted molar refractivity (Wildman–Crippen MR) is 92.5 cm³/mol. The van der Waals surface area contributed by atoms with E-state index in [0.717, 1.165) is 11.1 Å². The van der Waals surface area contributed by atoms with Gasteiger partial charge in [0.05, 0.1) is 5.60 Å². The van der Waals surface area contributed by atoms with Crippen LogP contribution in [0.4, 0.5) is 4.39 Å². The Kier molecular flexibility index (Phi) is 5.73. The van der Waals surface area contributed by atoms with E-state index in [4.69, 9.17) is 0 Å². The second-order valence-electron chi connectivity index (χ2n) is 5.83. The van der Waals surface area contributed by atoms with Gasteiger partial charge in [0, 0.05) is 17.9 Å². The van der Waals surface area contributed by atoms with Crippen molar-refractivity contribution in [3.05, 3.63) is 84.2 Å². The quantitative estimate of drug-likeness (QED) is 0.628. The molecule has 118 valence electrons. The van der Waals surface area contributed by atoms with E-state index in [-0.39, 0.29) is 11.7 Å². The van der Waals surface area contributed by atoms with Gasteiger partial charge in [0.25, 0.3) is 0 Å². The first-order valence-electron chi connectivity index (χ1n) is 7.65. The third kappa shape index (κ3) is 4.81. The smallest absolute Gasteiger partial charge is 0.123 e. The van der Waals surface area contributed by atoms with Crippen molar-refractivity contribution in [2.45, 2.75) is 31.3 Å². The highest BCUT2D eigenvalue weighted by Gasteiger charge is 2.31. The molecule has 2 aromatic rings. The summed E-state index contributed by atoms with van der Waals surface area (Å²) in [5.74, 6) is 5.75. The second-order valence-corrected chi connectivity index (χ2v) is 5.83. The molecule has 0 aromatic heterocycles. The molecule has 2 heteroatoms. The van der Waals surface area contributed by atoms with E-state index in [1.165, 1.54) is 12.1 Å². The Balaban J connectivity index is 2.25. The fourth-order valence-electron chi connectivity index (χ4n) is 2.60. The highest BCUT2D eigenvalue weighted by molar-refractivity contribution is 5.35. The van der Waals surface area contributed by atoms with Gasteiger partial charge < -0.3 is 5.11 Å². The van der Waals surface area contributed by atoms with Gasteiger partial charge in [-0.25, -0.2) is 4.39 Å². The van der Waals surface area contributed by atoms with Gasteiger partial charge in [-0.2, -0.15) is 0 Å². The van der Waals surface area contributed by atoms with Crippen LogP contribution in [0.25, 0.3) is 0 Å². The third-order valence-electron chi connectivity index (χ3n) is 3.89. The maximum absolute atomic E-state index is 13.2. The Morgan fingerprint density at radius 2 is 1.83 bits per heavy atom. The monoisotopic (exact) mass is 308 g/mol. The Morgan fingerprint density at radius 3 is 2.43 bits per heavy atom. The van der Waals surface area contributed by atoms with Gasteiger partial charge in [-0.3, -0.25) is 0 Å². The summed E-state index contributed by atoms with van der Waals surface area (Å²) in [6, 6.07) is 16.0. The van der Waals surface area contributed by atoms with Crippen molar-refractivity contribution in [2.24, 2.45) is 0 Å². The number of aliphatic hydroxyl groups is 1. The van der Waals surface area contributed by atoms with Gasteiger partial charge in [-0.15, -0.1) is 6.58 Å². The molecule has 1 N–H and O–H groups in total. The zero-order valence-corrected chi connectivity index (χ0v) is 13.3. The van der Waals surface area contributed by atoms with E-state index in [9.17, 15) is 9.50 Å². The van der Waals surface area contributed by atoms with Crippen LogP contribution in [0.3, 0.4) is 0 Å². The topological polar surface area (TPSA) is 20.2 Å². The maximum Gasteiger partial charge on any atom is 0.123 e. The summed E-state index contributed by atoms with van der Waals surface area (Å²) in [5.41, 5.74) is 0.833. The number of halogens is 1. The SMILES string of the molecule is C=CC[C@](C)(O)[C@@H](CC#Cc1ccccc1)c1ccc(F)cc1. The summed E-state index contributed by atoms with van der Waals surface area (Å²) in [6.45, 7) is 5.48. The molecule has 0 aliphatic heterocycles. The molecule has 0 spiro atoms. The number of hydrogen-bond acceptors (Lipinski definition) is 1. The van der Waals surface area contributed by atoms with Crippen molar-refractivity contribution in [1.29, 1.82) is 0 Å². The summed E-state index contributed by atoms with van der Waals surface area (Å²) < 4.78 is 13.2. The molecule has 0 saturated heterocycles. The zero-order chi connectivity index (χ0) is 16.7. The van der Waals surface area contributed by atoms with Gasteiger partial charge in [0.2, 0.25) is 0 Å². The van der Waals surface area contributed by atoms with Gasteiger partial charge >= 0.3 is 0 Å². The molecule has 0 saturated carbocycles. The van der Waals surface area contributed by atoms with Crippen molar-refractivity contribution >= 4 is 0 Å². The molecule has 2 aromatic carbocycles. The van der Waals surface area contributed by atoms with Crippen LogP contribution in [0, 0.1) is 17.7 Å². The lowest BCUT2D eigenvalue weighted by atomic mass is 9.79. The Bertz CT molecular complexity index is 690. The zero-order valence-electron chi connectivity index (χ0n) is 13.3. The number of rotatable bonds is 5. The fourth-order valence-corrected chi connectivity index (χ4v) is 2.60. The van der Waals surface area contributed by atoms with Crippen LogP contribution in [0.15, 0.2) is 67.3 Å². The molecule has 0 fully saturated rings. The summed E-state index contributed by atoms with van der Waals surface area (Å²) in [6.07, 6.45) is 2.63. The molecular formula is C21H21FO. The normalized spacial score (nSPS) is 14.2. The fraction of sp³-hybridized carbons (Fsp3) is 0.238. The lowest BCUT2D eigenvalue weighted by Crippen LogP contribution is -2.32. The first-order chi connectivity index (χ1) is 11.0. The van der Waals surface area contributed by atoms with Crippen LogP contribution >= 0.6 is 0 Å². The molecule has 2 atom stereocenters. The molecule has 0 aliphatic carbocycles. The van der Waals surface area contributed by atoms with E-state index < -0.39 is 5.60 Å². The molecule has 0 amide bonds. The molecule has 0 heterocycles. The van der Waals surface area contributed by atoms with Crippen LogP contribution in [-0.2, 0) is 0 Å². The minimum Gasteiger partial charge on any atom is -0.389 e. The van der Waals surface area contributed by atoms with Crippen LogP contribution < -0.4 is 0 Å². The van der Waals surface area contributed by atoms with Gasteiger partial charge in [-0.1, -0.05) is 48.2 Å². The molecule has 0 bridgehead atoms. The highest BCUT2D eigenvalue weighted by Crippen LogP contribution is 2.34. The van der Waals surface area contributed by atoms with Gasteiger partial charge in [0.1, 0.15) is 5.82 Å². The minimum absolute atomic E-state index is 0.211. The van der Waals surface area contributed by atoms with E-state index in [1.807, 2.05) is 30.3 Å². The number of benzene rings is 2. The van der Waals surface area contributed by atoms with Crippen LogP contribution in [0.2, 0.25) is 0 Å². The van der Waals surface area contributed by atoms with E-state index in [2.05, 4.69) is 18.4 Å². The average Bonchev–Trinajstić information content (AvgIpc) is 2.53. The second kappa shape index (κ2) is 7.76. The van der Waals surface area contributed by atoms with Crippen molar-refractivity contribution in [2.75, 3.05) is 0 Å². The highest BCUT2D eigenvalue weighted by atomic mass is 19.1. The van der Waals surface area contributed by atoms with Crippen molar-refractivity contribution in [1.82, 2.24) is 0 Å². The Morgan fingerprint density at radius 1 is 1.17 bits per heavy atom. The lowest BCUT2D eigenvalue weighted by Gasteiger charge is -2.31. The molecule has 2 rings (SSSR count). The standard InChI is InChI=1S/C21H21FO/c1-3-16-21(2,23)20(18-12-14-19(22)15-13-18)11-7-10-17-8-5-4-6-9-17/h3-6,8-9,12-15,20,23H,1,11,16H2,2H3/t20-,21-/m0/s1. The maximum atomic E-state index is 13.2. The summed E-state index contributed by atoms with van der Waals surface area (Å²) >= 11 is 0. The van der Waals surface area contributed by atoms with Crippen LogP contribution in [0.1, 0.15) is 36.8 Å². The Hall–Kier alpha value is -2.37. The first-order valence-corrected chi connectivity index (χ1v) is 7.65. The lowest BCUT2D eigenvalue weighted by molar-refractivity contribution is 0.0348. The molecule has 0 radical (unpaired) electrons. The van der Waals surface area contributed by atoms with Gasteiger partial charge in [-0.05, 0) is 43.2 Å². The van der Waals surface area contributed by atoms with Crippen molar-refractivity contribution in [3.8, 4) is 11.8 Å². The van der Waals surface area contributed by atoms with Crippen LogP contribution in [-0.4, -0.2) is 10.7 Å². The molecule has 0 unspecified atom stereocenters. The van der Waals surface area contributed by atoms with Crippen LogP contribution in [0.5, 0.6) is 0 Å². The van der Waals surface area contributed by atoms with E-state index in [1.54, 1.807) is 25.1 Å². The molecular weight excluding hydrogens is 287 g/mol. The van der Waals surface area contributed by atoms with Gasteiger partial charge in [0.15, 0.2) is 0 Å². The minimum atomic E-state index is -0.981. The van der Waals surface area contributed by atoms with Crippen molar-refractivity contribution < 1.29 is 9.50 Å². The van der Waals surface area contributed by atoms with E-state index >= 15 is 0 Å². The number of hydrogen-bond donors (Lipinski definition) is 1. The largest absolute Gasteiger partial charge is 0.389 e. The summed E-state index contributed by atoms with van der Waals surface area (Å²) in [5, 5.41) is 10.8. The summed E-state index contributed by atoms with van der Waals surface area (Å²) in [7, 11) is 0. The third-order valence-corrected chi connectivity index (χ3v) is 3.89. The summed E-state index contributed by atoms with van der Waals surface area (Å²) in [4.78, 5) is 0. The molecule has 0 aliphatic rings. The first kappa shape index (κ1) is 17.0.